The number of carbonyl (C=O) groups excluding carboxylic acids is 1. The van der Waals surface area contributed by atoms with E-state index in [2.05, 4.69) is 4.98 Å². The van der Waals surface area contributed by atoms with Crippen LogP contribution in [-0.2, 0) is 15.3 Å². The molecule has 94 valence electrons. The van der Waals surface area contributed by atoms with Crippen molar-refractivity contribution >= 4 is 29.3 Å². The number of ether oxygens (including phenoxy) is 1. The molecule has 0 amide bonds. The van der Waals surface area contributed by atoms with Crippen LogP contribution in [0, 0.1) is 0 Å². The number of esters is 1. The molecule has 1 aromatic heterocycles. The van der Waals surface area contributed by atoms with E-state index >= 15 is 0 Å². The molecule has 0 aliphatic rings. The standard InChI is InChI=1S/C12H16ClNO2S/c1-12(2,3)16-10(15)8-17-7-9-5-4-6-14-11(9)13/h4-6H,7-8H2,1-3H3. The number of rotatable bonds is 4. The van der Waals surface area contributed by atoms with E-state index in [0.717, 1.165) is 5.56 Å². The summed E-state index contributed by atoms with van der Waals surface area (Å²) >= 11 is 7.38. The van der Waals surface area contributed by atoms with Gasteiger partial charge in [-0.1, -0.05) is 17.7 Å². The molecule has 0 N–H and O–H groups in total. The minimum atomic E-state index is -0.427. The monoisotopic (exact) mass is 273 g/mol. The van der Waals surface area contributed by atoms with Crippen LogP contribution in [0.15, 0.2) is 18.3 Å². The Kier molecular flexibility index (Phi) is 5.28. The lowest BCUT2D eigenvalue weighted by atomic mass is 10.2. The van der Waals surface area contributed by atoms with Crippen LogP contribution in [0.5, 0.6) is 0 Å². The fourth-order valence-corrected chi connectivity index (χ4v) is 2.19. The Bertz CT molecular complexity index is 390. The van der Waals surface area contributed by atoms with Gasteiger partial charge in [-0.15, -0.1) is 11.8 Å². The highest BCUT2D eigenvalue weighted by atomic mass is 35.5. The van der Waals surface area contributed by atoms with E-state index in [1.165, 1.54) is 11.8 Å². The van der Waals surface area contributed by atoms with Gasteiger partial charge < -0.3 is 4.74 Å². The lowest BCUT2D eigenvalue weighted by Gasteiger charge is -2.19. The predicted octanol–water partition coefficient (Wildman–Crippen LogP) is 3.31. The third kappa shape index (κ3) is 5.94. The van der Waals surface area contributed by atoms with Crippen molar-refractivity contribution in [3.63, 3.8) is 0 Å². The van der Waals surface area contributed by atoms with Gasteiger partial charge in [0.05, 0.1) is 5.75 Å². The Labute approximate surface area is 111 Å². The zero-order valence-corrected chi connectivity index (χ0v) is 11.8. The molecule has 0 spiro atoms. The summed E-state index contributed by atoms with van der Waals surface area (Å²) in [5.74, 6) is 0.775. The maximum atomic E-state index is 11.4. The topological polar surface area (TPSA) is 39.2 Å². The molecule has 5 heteroatoms. The van der Waals surface area contributed by atoms with Crippen molar-refractivity contribution in [1.29, 1.82) is 0 Å². The van der Waals surface area contributed by atoms with Gasteiger partial charge in [-0.05, 0) is 32.4 Å². The van der Waals surface area contributed by atoms with E-state index in [1.54, 1.807) is 6.20 Å². The van der Waals surface area contributed by atoms with E-state index in [9.17, 15) is 4.79 Å². The number of aromatic nitrogens is 1. The molecule has 0 aliphatic carbocycles. The summed E-state index contributed by atoms with van der Waals surface area (Å²) in [6.07, 6.45) is 1.64. The molecule has 0 aromatic carbocycles. The van der Waals surface area contributed by atoms with Crippen LogP contribution >= 0.6 is 23.4 Å². The average Bonchev–Trinajstić information content (AvgIpc) is 2.18. The molecular weight excluding hydrogens is 258 g/mol. The number of pyridine rings is 1. The van der Waals surface area contributed by atoms with Crippen LogP contribution < -0.4 is 0 Å². The highest BCUT2D eigenvalue weighted by Crippen LogP contribution is 2.19. The summed E-state index contributed by atoms with van der Waals surface area (Å²) in [7, 11) is 0. The average molecular weight is 274 g/mol. The van der Waals surface area contributed by atoms with Gasteiger partial charge in [-0.25, -0.2) is 4.98 Å². The smallest absolute Gasteiger partial charge is 0.316 e. The number of hydrogen-bond acceptors (Lipinski definition) is 4. The number of thioether (sulfide) groups is 1. The Morgan fingerprint density at radius 3 is 2.82 bits per heavy atom. The first-order valence-electron chi connectivity index (χ1n) is 5.27. The van der Waals surface area contributed by atoms with Crippen LogP contribution in [0.4, 0.5) is 0 Å². The van der Waals surface area contributed by atoms with Gasteiger partial charge in [0, 0.05) is 11.9 Å². The Morgan fingerprint density at radius 2 is 2.24 bits per heavy atom. The van der Waals surface area contributed by atoms with Gasteiger partial charge in [0.15, 0.2) is 0 Å². The van der Waals surface area contributed by atoms with Crippen LogP contribution in [0.3, 0.4) is 0 Å². The van der Waals surface area contributed by atoms with Crippen molar-refractivity contribution in [3.8, 4) is 0 Å². The maximum Gasteiger partial charge on any atom is 0.316 e. The fraction of sp³-hybridized carbons (Fsp3) is 0.500. The van der Waals surface area contributed by atoms with Crippen molar-refractivity contribution in [3.05, 3.63) is 29.0 Å². The molecule has 3 nitrogen and oxygen atoms in total. The quantitative estimate of drug-likeness (QED) is 0.623. The van der Waals surface area contributed by atoms with E-state index < -0.39 is 5.60 Å². The van der Waals surface area contributed by atoms with Gasteiger partial charge in [0.25, 0.3) is 0 Å². The van der Waals surface area contributed by atoms with Crippen LogP contribution in [0.2, 0.25) is 5.15 Å². The fourth-order valence-electron chi connectivity index (χ4n) is 1.14. The third-order valence-electron chi connectivity index (χ3n) is 1.73. The Balaban J connectivity index is 2.34. The summed E-state index contributed by atoms with van der Waals surface area (Å²) in [6, 6.07) is 3.73. The number of halogens is 1. The molecule has 1 heterocycles. The molecule has 0 bridgehead atoms. The summed E-state index contributed by atoms with van der Waals surface area (Å²) in [5.41, 5.74) is 0.506. The second kappa shape index (κ2) is 6.26. The largest absolute Gasteiger partial charge is 0.459 e. The number of hydrogen-bond donors (Lipinski definition) is 0. The first-order valence-corrected chi connectivity index (χ1v) is 6.81. The van der Waals surface area contributed by atoms with Crippen LogP contribution in [-0.4, -0.2) is 22.3 Å². The molecule has 0 unspecified atom stereocenters. The summed E-state index contributed by atoms with van der Waals surface area (Å²) in [6.45, 7) is 5.56. The van der Waals surface area contributed by atoms with Gasteiger partial charge in [0.2, 0.25) is 0 Å². The van der Waals surface area contributed by atoms with Crippen LogP contribution in [0.25, 0.3) is 0 Å². The minimum absolute atomic E-state index is 0.206. The second-order valence-corrected chi connectivity index (χ2v) is 5.88. The molecule has 0 atom stereocenters. The van der Waals surface area contributed by atoms with E-state index in [-0.39, 0.29) is 5.97 Å². The molecule has 0 saturated heterocycles. The van der Waals surface area contributed by atoms with E-state index in [4.69, 9.17) is 16.3 Å². The van der Waals surface area contributed by atoms with Gasteiger partial charge in [-0.3, -0.25) is 4.79 Å². The highest BCUT2D eigenvalue weighted by Gasteiger charge is 2.16. The van der Waals surface area contributed by atoms with E-state index in [0.29, 0.717) is 16.7 Å². The van der Waals surface area contributed by atoms with Crippen molar-refractivity contribution in [2.24, 2.45) is 0 Å². The lowest BCUT2D eigenvalue weighted by Crippen LogP contribution is -2.24. The van der Waals surface area contributed by atoms with Crippen molar-refractivity contribution in [2.75, 3.05) is 5.75 Å². The first-order chi connectivity index (χ1) is 7.88. The Hall–Kier alpha value is -0.740. The molecular formula is C12H16ClNO2S. The molecule has 0 aliphatic heterocycles. The highest BCUT2D eigenvalue weighted by molar-refractivity contribution is 7.99. The van der Waals surface area contributed by atoms with Crippen molar-refractivity contribution < 1.29 is 9.53 Å². The zero-order chi connectivity index (χ0) is 12.9. The molecule has 17 heavy (non-hydrogen) atoms. The normalized spacial score (nSPS) is 11.3. The molecule has 0 saturated carbocycles. The van der Waals surface area contributed by atoms with Gasteiger partial charge >= 0.3 is 5.97 Å². The number of nitrogens with zero attached hydrogens (tertiary/aromatic N) is 1. The lowest BCUT2D eigenvalue weighted by molar-refractivity contribution is -0.151. The number of carbonyl (C=O) groups is 1. The predicted molar refractivity (Wildman–Crippen MR) is 71.3 cm³/mol. The van der Waals surface area contributed by atoms with Crippen molar-refractivity contribution in [2.45, 2.75) is 32.1 Å². The second-order valence-electron chi connectivity index (χ2n) is 4.53. The zero-order valence-electron chi connectivity index (χ0n) is 10.2. The van der Waals surface area contributed by atoms with Crippen molar-refractivity contribution in [1.82, 2.24) is 4.98 Å². The SMILES string of the molecule is CC(C)(C)OC(=O)CSCc1cccnc1Cl. The molecule has 1 aromatic rings. The maximum absolute atomic E-state index is 11.4. The third-order valence-corrected chi connectivity index (χ3v) is 3.03. The summed E-state index contributed by atoms with van der Waals surface area (Å²) in [5, 5.41) is 0.490. The van der Waals surface area contributed by atoms with Crippen LogP contribution in [0.1, 0.15) is 26.3 Å². The first kappa shape index (κ1) is 14.3. The van der Waals surface area contributed by atoms with E-state index in [1.807, 2.05) is 32.9 Å². The summed E-state index contributed by atoms with van der Waals surface area (Å²) < 4.78 is 5.20. The molecule has 0 radical (unpaired) electrons. The molecule has 1 rings (SSSR count). The molecule has 0 fully saturated rings. The Morgan fingerprint density at radius 1 is 1.53 bits per heavy atom. The summed E-state index contributed by atoms with van der Waals surface area (Å²) in [4.78, 5) is 15.4. The van der Waals surface area contributed by atoms with Gasteiger partial charge in [-0.2, -0.15) is 0 Å². The van der Waals surface area contributed by atoms with Gasteiger partial charge in [0.1, 0.15) is 10.8 Å². The minimum Gasteiger partial charge on any atom is -0.459 e.